The van der Waals surface area contributed by atoms with Gasteiger partial charge in [-0.15, -0.1) is 0 Å². The van der Waals surface area contributed by atoms with Gasteiger partial charge in [-0.05, 0) is 37.1 Å². The third kappa shape index (κ3) is 4.53. The Morgan fingerprint density at radius 2 is 1.78 bits per heavy atom. The van der Waals surface area contributed by atoms with Crippen LogP contribution in [0.4, 0.5) is 8.78 Å². The van der Waals surface area contributed by atoms with E-state index in [0.717, 1.165) is 17.7 Å². The second kappa shape index (κ2) is 8.03. The molecule has 0 radical (unpaired) electrons. The van der Waals surface area contributed by atoms with Gasteiger partial charge in [0.25, 0.3) is 0 Å². The molecule has 1 N–H and O–H groups in total. The minimum atomic E-state index is -1.03. The zero-order valence-corrected chi connectivity index (χ0v) is 14.7. The summed E-state index contributed by atoms with van der Waals surface area (Å²) in [4.78, 5) is 10.6. The summed E-state index contributed by atoms with van der Waals surface area (Å²) >= 11 is 0. The lowest BCUT2D eigenvalue weighted by molar-refractivity contribution is -0.136. The van der Waals surface area contributed by atoms with E-state index in [1.165, 1.54) is 0 Å². The number of carbonyl (C=O) groups is 1. The van der Waals surface area contributed by atoms with E-state index in [9.17, 15) is 13.6 Å². The van der Waals surface area contributed by atoms with E-state index < -0.39 is 23.4 Å². The molecular formula is C21H18F2O4. The fourth-order valence-electron chi connectivity index (χ4n) is 2.80. The topological polar surface area (TPSA) is 59.7 Å². The van der Waals surface area contributed by atoms with E-state index in [1.54, 1.807) is 13.0 Å². The van der Waals surface area contributed by atoms with Gasteiger partial charge in [-0.1, -0.05) is 30.3 Å². The molecule has 3 aromatic rings. The molecule has 0 amide bonds. The molecule has 27 heavy (non-hydrogen) atoms. The number of rotatable bonds is 7. The highest BCUT2D eigenvalue weighted by atomic mass is 19.1. The van der Waals surface area contributed by atoms with Crippen LogP contribution < -0.4 is 4.74 Å². The van der Waals surface area contributed by atoms with Crippen LogP contribution >= 0.6 is 0 Å². The lowest BCUT2D eigenvalue weighted by Crippen LogP contribution is -2.03. The van der Waals surface area contributed by atoms with Crippen molar-refractivity contribution in [3.63, 3.8) is 0 Å². The van der Waals surface area contributed by atoms with Gasteiger partial charge in [-0.2, -0.15) is 0 Å². The van der Waals surface area contributed by atoms with E-state index in [1.807, 2.05) is 30.3 Å². The van der Waals surface area contributed by atoms with E-state index in [-0.39, 0.29) is 25.0 Å². The van der Waals surface area contributed by atoms with Crippen molar-refractivity contribution in [1.82, 2.24) is 0 Å². The summed E-state index contributed by atoms with van der Waals surface area (Å²) in [5, 5.41) is 8.68. The average Bonchev–Trinajstić information content (AvgIpc) is 3.00. The molecule has 3 rings (SSSR count). The van der Waals surface area contributed by atoms with E-state index in [4.69, 9.17) is 14.3 Å². The van der Waals surface area contributed by atoms with Crippen LogP contribution in [0.25, 0.3) is 11.3 Å². The maximum atomic E-state index is 14.2. The van der Waals surface area contributed by atoms with Crippen molar-refractivity contribution in [1.29, 1.82) is 0 Å². The number of halogens is 2. The predicted molar refractivity (Wildman–Crippen MR) is 95.5 cm³/mol. The summed E-state index contributed by atoms with van der Waals surface area (Å²) in [6.07, 6.45) is -0.156. The minimum Gasteiger partial charge on any atom is -0.483 e. The number of aryl methyl sites for hydroxylation is 2. The van der Waals surface area contributed by atoms with Crippen LogP contribution in [0.2, 0.25) is 0 Å². The quantitative estimate of drug-likeness (QED) is 0.625. The molecule has 1 heterocycles. The fraction of sp³-hybridized carbons (Fsp3) is 0.190. The molecule has 0 bridgehead atoms. The highest BCUT2D eigenvalue weighted by molar-refractivity contribution is 5.67. The van der Waals surface area contributed by atoms with Crippen LogP contribution in [-0.2, 0) is 17.8 Å². The van der Waals surface area contributed by atoms with Crippen molar-refractivity contribution in [2.24, 2.45) is 0 Å². The first-order valence-corrected chi connectivity index (χ1v) is 8.41. The number of ether oxygens (including phenoxy) is 1. The van der Waals surface area contributed by atoms with Crippen molar-refractivity contribution < 1.29 is 27.8 Å². The normalized spacial score (nSPS) is 10.8. The predicted octanol–water partition coefficient (Wildman–Crippen LogP) is 5.13. The van der Waals surface area contributed by atoms with Gasteiger partial charge >= 0.3 is 5.97 Å². The smallest absolute Gasteiger partial charge is 0.303 e. The number of hydrogen-bond donors (Lipinski definition) is 1. The Hall–Kier alpha value is -3.15. The molecule has 140 valence electrons. The van der Waals surface area contributed by atoms with Gasteiger partial charge < -0.3 is 14.3 Å². The SMILES string of the molecule is Cc1cc(COc2c(F)cc(CCC(=O)O)cc2F)c(-c2ccccc2)o1. The third-order valence-corrected chi connectivity index (χ3v) is 4.03. The van der Waals surface area contributed by atoms with E-state index in [0.29, 0.717) is 17.1 Å². The molecule has 4 nitrogen and oxygen atoms in total. The fourth-order valence-corrected chi connectivity index (χ4v) is 2.80. The number of hydrogen-bond acceptors (Lipinski definition) is 3. The van der Waals surface area contributed by atoms with Crippen LogP contribution in [-0.4, -0.2) is 11.1 Å². The molecule has 2 aromatic carbocycles. The highest BCUT2D eigenvalue weighted by Gasteiger charge is 2.17. The van der Waals surface area contributed by atoms with Gasteiger partial charge in [0.1, 0.15) is 18.1 Å². The van der Waals surface area contributed by atoms with Gasteiger partial charge in [0.2, 0.25) is 0 Å². The number of benzene rings is 2. The number of aliphatic carboxylic acids is 1. The molecule has 0 atom stereocenters. The molecule has 6 heteroatoms. The number of carboxylic acid groups (broad SMARTS) is 1. The van der Waals surface area contributed by atoms with Crippen molar-refractivity contribution in [3.05, 3.63) is 77.1 Å². The molecule has 0 fully saturated rings. The molecule has 1 aromatic heterocycles. The highest BCUT2D eigenvalue weighted by Crippen LogP contribution is 2.30. The summed E-state index contributed by atoms with van der Waals surface area (Å²) in [5.41, 5.74) is 1.78. The lowest BCUT2D eigenvalue weighted by Gasteiger charge is -2.10. The Kier molecular flexibility index (Phi) is 5.54. The number of carboxylic acids is 1. The molecule has 0 spiro atoms. The Balaban J connectivity index is 1.79. The summed E-state index contributed by atoms with van der Waals surface area (Å²) in [6, 6.07) is 13.3. The van der Waals surface area contributed by atoms with Crippen LogP contribution in [0.15, 0.2) is 52.9 Å². The van der Waals surface area contributed by atoms with Crippen molar-refractivity contribution >= 4 is 5.97 Å². The summed E-state index contributed by atoms with van der Waals surface area (Å²) in [6.45, 7) is 1.72. The first kappa shape index (κ1) is 18.6. The van der Waals surface area contributed by atoms with Crippen molar-refractivity contribution in [2.45, 2.75) is 26.4 Å². The maximum Gasteiger partial charge on any atom is 0.303 e. The summed E-state index contributed by atoms with van der Waals surface area (Å²) in [5.74, 6) is -2.00. The van der Waals surface area contributed by atoms with Gasteiger partial charge in [0, 0.05) is 17.5 Å². The van der Waals surface area contributed by atoms with E-state index >= 15 is 0 Å². The largest absolute Gasteiger partial charge is 0.483 e. The second-order valence-electron chi connectivity index (χ2n) is 6.15. The van der Waals surface area contributed by atoms with Crippen molar-refractivity contribution in [2.75, 3.05) is 0 Å². The molecule has 0 unspecified atom stereocenters. The van der Waals surface area contributed by atoms with Crippen LogP contribution in [0.1, 0.15) is 23.3 Å². The molecule has 0 saturated heterocycles. The van der Waals surface area contributed by atoms with Crippen LogP contribution in [0.3, 0.4) is 0 Å². The van der Waals surface area contributed by atoms with Gasteiger partial charge in [0.05, 0.1) is 0 Å². The van der Waals surface area contributed by atoms with Gasteiger partial charge in [0.15, 0.2) is 17.4 Å². The molecule has 0 aliphatic heterocycles. The molecule has 0 aliphatic carbocycles. The van der Waals surface area contributed by atoms with Gasteiger partial charge in [-0.25, -0.2) is 8.78 Å². The first-order chi connectivity index (χ1) is 12.9. The second-order valence-corrected chi connectivity index (χ2v) is 6.15. The standard InChI is InChI=1S/C21H18F2O4/c1-13-9-16(20(27-13)15-5-3-2-4-6-15)12-26-21-17(22)10-14(11-18(21)23)7-8-19(24)25/h2-6,9-11H,7-8,12H2,1H3,(H,24,25). The summed E-state index contributed by atoms with van der Waals surface area (Å²) < 4.78 is 39.5. The Labute approximate surface area is 155 Å². The molecule has 0 saturated carbocycles. The average molecular weight is 372 g/mol. The Morgan fingerprint density at radius 3 is 2.41 bits per heavy atom. The lowest BCUT2D eigenvalue weighted by atomic mass is 10.1. The monoisotopic (exact) mass is 372 g/mol. The first-order valence-electron chi connectivity index (χ1n) is 8.41. The molecular weight excluding hydrogens is 354 g/mol. The van der Waals surface area contributed by atoms with Gasteiger partial charge in [-0.3, -0.25) is 4.79 Å². The minimum absolute atomic E-state index is 0.0442. The van der Waals surface area contributed by atoms with Crippen LogP contribution in [0, 0.1) is 18.6 Å². The zero-order valence-electron chi connectivity index (χ0n) is 14.7. The maximum absolute atomic E-state index is 14.2. The van der Waals surface area contributed by atoms with Crippen LogP contribution in [0.5, 0.6) is 5.75 Å². The zero-order chi connectivity index (χ0) is 19.4. The number of furan rings is 1. The Bertz CT molecular complexity index is 925. The Morgan fingerprint density at radius 1 is 1.11 bits per heavy atom. The van der Waals surface area contributed by atoms with E-state index in [2.05, 4.69) is 0 Å². The van der Waals surface area contributed by atoms with Crippen molar-refractivity contribution in [3.8, 4) is 17.1 Å². The third-order valence-electron chi connectivity index (χ3n) is 4.03. The summed E-state index contributed by atoms with van der Waals surface area (Å²) in [7, 11) is 0. The molecule has 0 aliphatic rings.